The van der Waals surface area contributed by atoms with Gasteiger partial charge in [-0.15, -0.1) is 0 Å². The molecule has 1 aliphatic heterocycles. The summed E-state index contributed by atoms with van der Waals surface area (Å²) in [4.78, 5) is 27.3. The molecule has 1 aliphatic rings. The number of nitrogens with two attached hydrogens (primary N) is 1. The molecule has 1 fully saturated rings. The lowest BCUT2D eigenvalue weighted by Crippen LogP contribution is -2.46. The number of nitrogens with one attached hydrogen (secondary N) is 1. The lowest BCUT2D eigenvalue weighted by molar-refractivity contribution is -0.132. The molecule has 0 radical (unpaired) electrons. The molecular formula is C13H26N4O2. The van der Waals surface area contributed by atoms with Crippen molar-refractivity contribution in [1.82, 2.24) is 15.1 Å². The van der Waals surface area contributed by atoms with Gasteiger partial charge < -0.3 is 16.0 Å². The number of carbonyl (C=O) groups is 2. The van der Waals surface area contributed by atoms with E-state index in [1.54, 1.807) is 4.90 Å². The Hall–Kier alpha value is -1.14. The highest BCUT2D eigenvalue weighted by Gasteiger charge is 2.18. The maximum Gasteiger partial charge on any atom is 0.241 e. The van der Waals surface area contributed by atoms with Crippen molar-refractivity contribution in [3.05, 3.63) is 0 Å². The Morgan fingerprint density at radius 2 is 1.84 bits per heavy atom. The van der Waals surface area contributed by atoms with E-state index in [2.05, 4.69) is 10.2 Å². The largest absolute Gasteiger partial charge is 0.346 e. The molecule has 0 spiro atoms. The van der Waals surface area contributed by atoms with Crippen LogP contribution in [-0.4, -0.2) is 66.9 Å². The summed E-state index contributed by atoms with van der Waals surface area (Å²) in [5.41, 5.74) is 5.81. The molecule has 1 saturated heterocycles. The highest BCUT2D eigenvalue weighted by atomic mass is 16.2. The maximum absolute atomic E-state index is 11.7. The Kier molecular flexibility index (Phi) is 6.80. The van der Waals surface area contributed by atoms with Crippen LogP contribution >= 0.6 is 0 Å². The number of carbonyl (C=O) groups excluding carboxylic acids is 2. The van der Waals surface area contributed by atoms with Gasteiger partial charge in [-0.25, -0.2) is 0 Å². The quantitative estimate of drug-likeness (QED) is 0.675. The van der Waals surface area contributed by atoms with Gasteiger partial charge >= 0.3 is 0 Å². The fourth-order valence-corrected chi connectivity index (χ4v) is 2.23. The van der Waals surface area contributed by atoms with Crippen LogP contribution in [0.3, 0.4) is 0 Å². The van der Waals surface area contributed by atoms with Gasteiger partial charge in [0.25, 0.3) is 0 Å². The van der Waals surface area contributed by atoms with Crippen molar-refractivity contribution in [2.75, 3.05) is 39.3 Å². The van der Waals surface area contributed by atoms with E-state index in [1.807, 2.05) is 13.8 Å². The molecule has 0 bridgehead atoms. The monoisotopic (exact) mass is 270 g/mol. The molecule has 6 heteroatoms. The van der Waals surface area contributed by atoms with E-state index in [-0.39, 0.29) is 24.4 Å². The Morgan fingerprint density at radius 3 is 2.37 bits per heavy atom. The normalized spacial score (nSPS) is 17.2. The van der Waals surface area contributed by atoms with Crippen molar-refractivity contribution in [2.45, 2.75) is 32.7 Å². The van der Waals surface area contributed by atoms with Crippen LogP contribution in [0, 0.1) is 0 Å². The molecular weight excluding hydrogens is 244 g/mol. The number of likely N-dealkylation sites (tertiary alicyclic amines) is 1. The van der Waals surface area contributed by atoms with Gasteiger partial charge in [-0.1, -0.05) is 0 Å². The van der Waals surface area contributed by atoms with Gasteiger partial charge in [-0.3, -0.25) is 14.5 Å². The maximum atomic E-state index is 11.7. The predicted octanol–water partition coefficient (Wildman–Crippen LogP) is -0.606. The highest BCUT2D eigenvalue weighted by Crippen LogP contribution is 2.07. The second-order valence-corrected chi connectivity index (χ2v) is 4.96. The highest BCUT2D eigenvalue weighted by molar-refractivity contribution is 5.85. The van der Waals surface area contributed by atoms with Crippen LogP contribution in [0.5, 0.6) is 0 Å². The average Bonchev–Trinajstić information content (AvgIpc) is 2.40. The molecule has 1 rings (SSSR count). The first-order valence-corrected chi connectivity index (χ1v) is 7.09. The van der Waals surface area contributed by atoms with E-state index in [1.165, 1.54) is 0 Å². The number of nitrogens with zero attached hydrogens (tertiary/aromatic N) is 2. The third-order valence-corrected chi connectivity index (χ3v) is 3.55. The molecule has 0 saturated carbocycles. The number of hydrogen-bond acceptors (Lipinski definition) is 4. The van der Waals surface area contributed by atoms with E-state index in [9.17, 15) is 9.59 Å². The van der Waals surface area contributed by atoms with Crippen molar-refractivity contribution in [3.8, 4) is 0 Å². The second kappa shape index (κ2) is 8.12. The average molecular weight is 270 g/mol. The van der Waals surface area contributed by atoms with Crippen LogP contribution in [0.2, 0.25) is 0 Å². The van der Waals surface area contributed by atoms with Crippen LogP contribution in [0.1, 0.15) is 26.7 Å². The van der Waals surface area contributed by atoms with E-state index < -0.39 is 0 Å². The smallest absolute Gasteiger partial charge is 0.241 e. The van der Waals surface area contributed by atoms with E-state index in [0.717, 1.165) is 25.9 Å². The van der Waals surface area contributed by atoms with Crippen molar-refractivity contribution in [1.29, 1.82) is 0 Å². The van der Waals surface area contributed by atoms with E-state index in [4.69, 9.17) is 5.73 Å². The summed E-state index contributed by atoms with van der Waals surface area (Å²) in [6, 6.07) is 0.267. The first-order chi connectivity index (χ1) is 9.06. The zero-order chi connectivity index (χ0) is 14.3. The minimum absolute atomic E-state index is 0.0287. The fourth-order valence-electron chi connectivity index (χ4n) is 2.23. The molecule has 0 unspecified atom stereocenters. The van der Waals surface area contributed by atoms with Gasteiger partial charge in [-0.05, 0) is 26.7 Å². The molecule has 3 N–H and O–H groups in total. The lowest BCUT2D eigenvalue weighted by atomic mass is 10.1. The van der Waals surface area contributed by atoms with Crippen molar-refractivity contribution < 1.29 is 9.59 Å². The summed E-state index contributed by atoms with van der Waals surface area (Å²) in [5, 5.41) is 2.69. The standard InChI is InChI=1S/C13H26N4O2/c1-3-17(4-2)13(19)9-15-12(18)10-16-7-5-11(14)6-8-16/h11H,3-10,14H2,1-2H3,(H,15,18). The molecule has 0 aromatic rings. The van der Waals surface area contributed by atoms with Gasteiger partial charge in [-0.2, -0.15) is 0 Å². The Balaban J connectivity index is 2.22. The van der Waals surface area contributed by atoms with Crippen LogP contribution in [0.25, 0.3) is 0 Å². The van der Waals surface area contributed by atoms with E-state index in [0.29, 0.717) is 19.6 Å². The van der Waals surface area contributed by atoms with Crippen molar-refractivity contribution in [3.63, 3.8) is 0 Å². The number of amides is 2. The van der Waals surface area contributed by atoms with Crippen LogP contribution in [-0.2, 0) is 9.59 Å². The summed E-state index contributed by atoms with van der Waals surface area (Å²) >= 11 is 0. The first kappa shape index (κ1) is 15.9. The van der Waals surface area contributed by atoms with Gasteiger partial charge in [0.05, 0.1) is 13.1 Å². The second-order valence-electron chi connectivity index (χ2n) is 4.96. The predicted molar refractivity (Wildman–Crippen MR) is 74.6 cm³/mol. The zero-order valence-corrected chi connectivity index (χ0v) is 12.0. The molecule has 110 valence electrons. The number of hydrogen-bond donors (Lipinski definition) is 2. The Bertz CT molecular complexity index is 297. The molecule has 1 heterocycles. The minimum Gasteiger partial charge on any atom is -0.346 e. The van der Waals surface area contributed by atoms with Crippen LogP contribution in [0.4, 0.5) is 0 Å². The Morgan fingerprint density at radius 1 is 1.26 bits per heavy atom. The van der Waals surface area contributed by atoms with E-state index >= 15 is 0 Å². The Labute approximate surface area is 115 Å². The first-order valence-electron chi connectivity index (χ1n) is 7.09. The summed E-state index contributed by atoms with van der Waals surface area (Å²) in [7, 11) is 0. The molecule has 0 atom stereocenters. The lowest BCUT2D eigenvalue weighted by Gasteiger charge is -2.29. The number of piperidine rings is 1. The summed E-state index contributed by atoms with van der Waals surface area (Å²) in [6.45, 7) is 7.38. The molecule has 0 aromatic heterocycles. The van der Waals surface area contributed by atoms with Gasteiger partial charge in [0.1, 0.15) is 0 Å². The molecule has 0 aliphatic carbocycles. The third-order valence-electron chi connectivity index (χ3n) is 3.55. The van der Waals surface area contributed by atoms with Gasteiger partial charge in [0.15, 0.2) is 0 Å². The summed E-state index contributed by atoms with van der Waals surface area (Å²) in [6.07, 6.45) is 1.87. The third kappa shape index (κ3) is 5.57. The topological polar surface area (TPSA) is 78.7 Å². The van der Waals surface area contributed by atoms with Crippen molar-refractivity contribution in [2.24, 2.45) is 5.73 Å². The summed E-state index contributed by atoms with van der Waals surface area (Å²) < 4.78 is 0. The number of rotatable bonds is 6. The molecule has 2 amide bonds. The molecule has 6 nitrogen and oxygen atoms in total. The number of likely N-dealkylation sites (N-methyl/N-ethyl adjacent to an activating group) is 1. The van der Waals surface area contributed by atoms with Crippen LogP contribution in [0.15, 0.2) is 0 Å². The minimum atomic E-state index is -0.0871. The van der Waals surface area contributed by atoms with Crippen molar-refractivity contribution >= 4 is 11.8 Å². The van der Waals surface area contributed by atoms with Gasteiger partial charge in [0, 0.05) is 32.2 Å². The van der Waals surface area contributed by atoms with Crippen LogP contribution < -0.4 is 11.1 Å². The molecule has 19 heavy (non-hydrogen) atoms. The fraction of sp³-hybridized carbons (Fsp3) is 0.846. The SMILES string of the molecule is CCN(CC)C(=O)CNC(=O)CN1CCC(N)CC1. The molecule has 0 aromatic carbocycles. The zero-order valence-electron chi connectivity index (χ0n) is 12.0. The van der Waals surface area contributed by atoms with Gasteiger partial charge in [0.2, 0.25) is 11.8 Å². The summed E-state index contributed by atoms with van der Waals surface area (Å²) in [5.74, 6) is -0.116.